The highest BCUT2D eigenvalue weighted by atomic mass is 32.1. The van der Waals surface area contributed by atoms with Crippen LogP contribution in [0.3, 0.4) is 0 Å². The fourth-order valence-electron chi connectivity index (χ4n) is 3.88. The topological polar surface area (TPSA) is 108 Å². The number of aliphatic hydroxyl groups excluding tert-OH is 2. The van der Waals surface area contributed by atoms with Gasteiger partial charge < -0.3 is 30.6 Å². The van der Waals surface area contributed by atoms with E-state index in [4.69, 9.17) is 16.3 Å². The van der Waals surface area contributed by atoms with Crippen LogP contribution in [0.5, 0.6) is 0 Å². The molecule has 0 radical (unpaired) electrons. The second kappa shape index (κ2) is 11.2. The summed E-state index contributed by atoms with van der Waals surface area (Å²) in [5.74, 6) is 1.78. The Morgan fingerprint density at radius 2 is 2.00 bits per heavy atom. The Bertz CT molecular complexity index is 924. The van der Waals surface area contributed by atoms with Crippen molar-refractivity contribution in [3.05, 3.63) is 58.9 Å². The summed E-state index contributed by atoms with van der Waals surface area (Å²) in [4.78, 5) is 2.14. The van der Waals surface area contributed by atoms with Crippen molar-refractivity contribution in [2.45, 2.75) is 43.6 Å². The first-order valence-electron chi connectivity index (χ1n) is 10.6. The fraction of sp³-hybridized carbons (Fsp3) is 0.455. The van der Waals surface area contributed by atoms with Crippen LogP contribution in [-0.2, 0) is 4.74 Å². The van der Waals surface area contributed by atoms with Gasteiger partial charge in [0.05, 0.1) is 29.5 Å². The van der Waals surface area contributed by atoms with E-state index in [9.17, 15) is 23.4 Å². The molecule has 0 aliphatic carbocycles. The number of benzene rings is 1. The molecule has 1 aromatic heterocycles. The molecule has 1 saturated heterocycles. The van der Waals surface area contributed by atoms with E-state index in [2.05, 4.69) is 4.90 Å². The first kappa shape index (κ1) is 25.3. The highest BCUT2D eigenvalue weighted by Crippen LogP contribution is 2.28. The minimum absolute atomic E-state index is 0.0877. The highest BCUT2D eigenvalue weighted by Gasteiger charge is 2.39. The number of nitrogens with two attached hydrogens (primary N) is 2. The third-order valence-corrected chi connectivity index (χ3v) is 6.70. The number of rotatable bonds is 9. The van der Waals surface area contributed by atoms with Gasteiger partial charge in [-0.15, -0.1) is 11.3 Å². The van der Waals surface area contributed by atoms with Crippen LogP contribution in [0.25, 0.3) is 5.70 Å². The molecule has 2 aromatic rings. The Labute approximate surface area is 194 Å². The normalized spacial score (nSPS) is 23.5. The van der Waals surface area contributed by atoms with Crippen molar-refractivity contribution in [2.24, 2.45) is 11.6 Å². The van der Waals surface area contributed by atoms with Gasteiger partial charge in [0.1, 0.15) is 12.2 Å². The summed E-state index contributed by atoms with van der Waals surface area (Å²) in [5.41, 5.74) is 5.72. The van der Waals surface area contributed by atoms with Gasteiger partial charge in [-0.3, -0.25) is 0 Å². The number of nitrogens with zero attached hydrogens (tertiary/aromatic N) is 2. The van der Waals surface area contributed by atoms with Gasteiger partial charge in [-0.05, 0) is 48.9 Å². The summed E-state index contributed by atoms with van der Waals surface area (Å²) in [6.45, 7) is 0.406. The number of ether oxygens (including phenoxy) is 1. The summed E-state index contributed by atoms with van der Waals surface area (Å²) < 4.78 is 46.1. The van der Waals surface area contributed by atoms with E-state index in [1.54, 1.807) is 11.3 Å². The van der Waals surface area contributed by atoms with Crippen LogP contribution in [-0.4, -0.2) is 59.8 Å². The quantitative estimate of drug-likeness (QED) is 0.245. The van der Waals surface area contributed by atoms with Gasteiger partial charge in [0.2, 0.25) is 0 Å². The van der Waals surface area contributed by atoms with E-state index in [-0.39, 0.29) is 17.4 Å². The van der Waals surface area contributed by atoms with Gasteiger partial charge in [-0.1, -0.05) is 0 Å². The first-order chi connectivity index (χ1) is 15.7. The zero-order valence-electron chi connectivity index (χ0n) is 18.2. The van der Waals surface area contributed by atoms with Crippen LogP contribution in [0.15, 0.2) is 35.8 Å². The molecular weight excluding hydrogens is 457 g/mol. The maximum absolute atomic E-state index is 13.5. The van der Waals surface area contributed by atoms with Gasteiger partial charge in [0, 0.05) is 25.4 Å². The average molecular weight is 487 g/mol. The molecular formula is C22H29F3N4O3S. The Kier molecular flexibility index (Phi) is 8.60. The number of hydrogen-bond acceptors (Lipinski definition) is 8. The maximum Gasteiger partial charge on any atom is 0.194 e. The summed E-state index contributed by atoms with van der Waals surface area (Å²) >= 11 is 1.65. The summed E-state index contributed by atoms with van der Waals surface area (Å²) in [6, 6.07) is 4.90. The van der Waals surface area contributed by atoms with Crippen LogP contribution >= 0.6 is 11.3 Å². The van der Waals surface area contributed by atoms with E-state index < -0.39 is 42.3 Å². The fourth-order valence-corrected chi connectivity index (χ4v) is 4.61. The Morgan fingerprint density at radius 3 is 2.61 bits per heavy atom. The third kappa shape index (κ3) is 6.18. The zero-order chi connectivity index (χ0) is 24.1. The lowest BCUT2D eigenvalue weighted by molar-refractivity contribution is -0.162. The van der Waals surface area contributed by atoms with Crippen molar-refractivity contribution in [1.82, 2.24) is 5.01 Å². The van der Waals surface area contributed by atoms with E-state index in [1.807, 2.05) is 24.6 Å². The molecule has 4 atom stereocenters. The van der Waals surface area contributed by atoms with Crippen LogP contribution in [0, 0.1) is 17.5 Å². The summed E-state index contributed by atoms with van der Waals surface area (Å²) in [5, 5.41) is 24.6. The van der Waals surface area contributed by atoms with E-state index in [0.29, 0.717) is 12.8 Å². The highest BCUT2D eigenvalue weighted by molar-refractivity contribution is 7.14. The molecule has 1 fully saturated rings. The molecule has 33 heavy (non-hydrogen) atoms. The molecule has 11 heteroatoms. The first-order valence-corrected chi connectivity index (χ1v) is 11.4. The molecule has 0 saturated carbocycles. The number of anilines is 1. The van der Waals surface area contributed by atoms with E-state index in [1.165, 1.54) is 6.20 Å². The van der Waals surface area contributed by atoms with Gasteiger partial charge in [0.25, 0.3) is 0 Å². The van der Waals surface area contributed by atoms with Gasteiger partial charge >= 0.3 is 0 Å². The van der Waals surface area contributed by atoms with Gasteiger partial charge in [-0.2, -0.15) is 0 Å². The van der Waals surface area contributed by atoms with Crippen molar-refractivity contribution in [2.75, 3.05) is 25.1 Å². The minimum Gasteiger partial charge on any atom is -0.397 e. The SMILES string of the molecule is CN(CCCC1CC(N(N)/C=C(\N)c2cc(F)c(F)c(F)c2)C(O)C(CO)O1)c1cccs1. The van der Waals surface area contributed by atoms with E-state index in [0.717, 1.165) is 35.1 Å². The van der Waals surface area contributed by atoms with Crippen molar-refractivity contribution in [3.8, 4) is 0 Å². The molecule has 0 amide bonds. The van der Waals surface area contributed by atoms with Gasteiger partial charge in [0.15, 0.2) is 17.5 Å². The predicted octanol–water partition coefficient (Wildman–Crippen LogP) is 2.39. The third-order valence-electron chi connectivity index (χ3n) is 5.72. The number of hydrazine groups is 1. The lowest BCUT2D eigenvalue weighted by Crippen LogP contribution is -2.57. The zero-order valence-corrected chi connectivity index (χ0v) is 19.0. The molecule has 0 spiro atoms. The maximum atomic E-state index is 13.5. The lowest BCUT2D eigenvalue weighted by atomic mass is 9.93. The monoisotopic (exact) mass is 486 g/mol. The summed E-state index contributed by atoms with van der Waals surface area (Å²) in [7, 11) is 2.01. The number of aliphatic hydroxyl groups is 2. The second-order valence-corrected chi connectivity index (χ2v) is 9.00. The van der Waals surface area contributed by atoms with Crippen molar-refractivity contribution < 1.29 is 28.1 Å². The molecule has 3 rings (SSSR count). The van der Waals surface area contributed by atoms with Crippen LogP contribution < -0.4 is 16.5 Å². The van der Waals surface area contributed by atoms with Crippen molar-refractivity contribution >= 4 is 22.0 Å². The Morgan fingerprint density at radius 1 is 1.30 bits per heavy atom. The van der Waals surface area contributed by atoms with Crippen molar-refractivity contribution in [1.29, 1.82) is 0 Å². The predicted molar refractivity (Wildman–Crippen MR) is 121 cm³/mol. The van der Waals surface area contributed by atoms with Crippen molar-refractivity contribution in [3.63, 3.8) is 0 Å². The van der Waals surface area contributed by atoms with Crippen LogP contribution in [0.1, 0.15) is 24.8 Å². The molecule has 1 aliphatic heterocycles. The summed E-state index contributed by atoms with van der Waals surface area (Å²) in [6.07, 6.45) is 0.844. The molecule has 4 unspecified atom stereocenters. The minimum atomic E-state index is -1.59. The molecule has 182 valence electrons. The van der Waals surface area contributed by atoms with Crippen LogP contribution in [0.2, 0.25) is 0 Å². The number of halogens is 3. The Balaban J connectivity index is 1.66. The molecule has 2 heterocycles. The molecule has 6 N–H and O–H groups in total. The Hall–Kier alpha value is -2.31. The molecule has 1 aromatic carbocycles. The van der Waals surface area contributed by atoms with Gasteiger partial charge in [-0.25, -0.2) is 19.0 Å². The largest absolute Gasteiger partial charge is 0.397 e. The number of hydrogen-bond donors (Lipinski definition) is 4. The standard InChI is InChI=1S/C22H29F3N4O3S/c1-28(20-5-3-7-33-20)6-2-4-14-10-18(22(31)19(12-30)32-14)29(27)11-17(26)13-8-15(23)21(25)16(24)9-13/h3,5,7-9,11,14,18-19,22,30-31H,2,4,6,10,12,26-27H2,1H3/b17-11-. The van der Waals surface area contributed by atoms with E-state index >= 15 is 0 Å². The average Bonchev–Trinajstić information content (AvgIpc) is 3.33. The lowest BCUT2D eigenvalue weighted by Gasteiger charge is -2.42. The molecule has 0 bridgehead atoms. The molecule has 1 aliphatic rings. The smallest absolute Gasteiger partial charge is 0.194 e. The van der Waals surface area contributed by atoms with Crippen LogP contribution in [0.4, 0.5) is 18.2 Å². The number of thiophene rings is 1. The second-order valence-electron chi connectivity index (χ2n) is 8.07. The molecule has 7 nitrogen and oxygen atoms in total.